The van der Waals surface area contributed by atoms with Crippen LogP contribution in [0, 0.1) is 13.8 Å². The molecule has 0 aliphatic rings. The van der Waals surface area contributed by atoms with Crippen molar-refractivity contribution in [3.8, 4) is 0 Å². The Kier molecular flexibility index (Phi) is 4.21. The van der Waals surface area contributed by atoms with Crippen LogP contribution < -0.4 is 16.0 Å². The summed E-state index contributed by atoms with van der Waals surface area (Å²) in [5, 5.41) is 3.81. The molecule has 0 aliphatic carbocycles. The first-order chi connectivity index (χ1) is 9.85. The molecule has 2 aromatic heterocycles. The van der Waals surface area contributed by atoms with E-state index in [0.717, 1.165) is 0 Å². The molecule has 9 nitrogen and oxygen atoms in total. The Balaban J connectivity index is 2.24. The zero-order valence-electron chi connectivity index (χ0n) is 11.8. The van der Waals surface area contributed by atoms with E-state index in [4.69, 9.17) is 10.4 Å². The highest BCUT2D eigenvalue weighted by molar-refractivity contribution is 7.89. The molecule has 114 valence electrons. The minimum atomic E-state index is -3.76. The monoisotopic (exact) mass is 312 g/mol. The second-order valence-electron chi connectivity index (χ2n) is 4.47. The number of aryl methyl sites for hydroxylation is 2. The molecule has 0 bridgehead atoms. The van der Waals surface area contributed by atoms with Crippen LogP contribution in [-0.4, -0.2) is 23.5 Å². The van der Waals surface area contributed by atoms with E-state index in [1.54, 1.807) is 20.8 Å². The van der Waals surface area contributed by atoms with Gasteiger partial charge < -0.3 is 4.52 Å². The topological polar surface area (TPSA) is 136 Å². The van der Waals surface area contributed by atoms with E-state index < -0.39 is 16.1 Å². The van der Waals surface area contributed by atoms with Crippen LogP contribution in [0.1, 0.15) is 30.0 Å². The van der Waals surface area contributed by atoms with Gasteiger partial charge in [0.15, 0.2) is 0 Å². The molecule has 10 heteroatoms. The molecule has 21 heavy (non-hydrogen) atoms. The third-order valence-corrected chi connectivity index (χ3v) is 4.42. The van der Waals surface area contributed by atoms with Gasteiger partial charge in [-0.15, -0.1) is 0 Å². The number of nitrogens with one attached hydrogen (secondary N) is 2. The Bertz CT molecular complexity index is 705. The fourth-order valence-electron chi connectivity index (χ4n) is 2.00. The van der Waals surface area contributed by atoms with Gasteiger partial charge in [-0.2, -0.15) is 0 Å². The molecule has 0 saturated heterocycles. The molecule has 2 aromatic rings. The Morgan fingerprint density at radius 3 is 2.38 bits per heavy atom. The minimum Gasteiger partial charge on any atom is -0.361 e. The van der Waals surface area contributed by atoms with Crippen LogP contribution in [0.5, 0.6) is 0 Å². The highest BCUT2D eigenvalue weighted by Crippen LogP contribution is 2.22. The number of hydrazine groups is 1. The van der Waals surface area contributed by atoms with E-state index in [2.05, 4.69) is 25.3 Å². The predicted molar refractivity (Wildman–Crippen MR) is 74.6 cm³/mol. The summed E-state index contributed by atoms with van der Waals surface area (Å²) < 4.78 is 32.1. The van der Waals surface area contributed by atoms with Crippen LogP contribution in [0.15, 0.2) is 21.8 Å². The summed E-state index contributed by atoms with van der Waals surface area (Å²) >= 11 is 0. The smallest absolute Gasteiger partial charge is 0.244 e. The van der Waals surface area contributed by atoms with Crippen molar-refractivity contribution in [1.29, 1.82) is 0 Å². The molecule has 1 unspecified atom stereocenters. The highest BCUT2D eigenvalue weighted by atomic mass is 32.2. The summed E-state index contributed by atoms with van der Waals surface area (Å²) in [5.41, 5.74) is 3.57. The molecular weight excluding hydrogens is 296 g/mol. The Morgan fingerprint density at radius 2 is 1.90 bits per heavy atom. The normalized spacial score (nSPS) is 13.1. The molecule has 0 amide bonds. The Labute approximate surface area is 122 Å². The number of sulfonamides is 1. The molecule has 0 fully saturated rings. The first-order valence-corrected chi connectivity index (χ1v) is 7.57. The lowest BCUT2D eigenvalue weighted by molar-refractivity contribution is 0.391. The van der Waals surface area contributed by atoms with Gasteiger partial charge in [0.2, 0.25) is 16.0 Å². The molecule has 2 heterocycles. The van der Waals surface area contributed by atoms with Crippen molar-refractivity contribution in [3.05, 3.63) is 29.4 Å². The number of nitrogens with two attached hydrogens (primary N) is 1. The number of hydrogen-bond donors (Lipinski definition) is 3. The van der Waals surface area contributed by atoms with E-state index >= 15 is 0 Å². The van der Waals surface area contributed by atoms with Crippen molar-refractivity contribution in [1.82, 2.24) is 19.8 Å². The highest BCUT2D eigenvalue weighted by Gasteiger charge is 2.23. The summed E-state index contributed by atoms with van der Waals surface area (Å²) in [6, 6.07) is -0.492. The fraction of sp³-hybridized carbons (Fsp3) is 0.364. The standard InChI is InChI=1S/C11H16N6O3S/c1-6-10(8(3)20-16-6)7(2)17-21(18,19)9-4-13-11(15-12)14-5-9/h4-5,7,17H,12H2,1-3H3,(H,13,14,15). The van der Waals surface area contributed by atoms with Gasteiger partial charge in [-0.3, -0.25) is 5.43 Å². The van der Waals surface area contributed by atoms with Gasteiger partial charge in [-0.25, -0.2) is 29.0 Å². The molecular formula is C11H16N6O3S. The Morgan fingerprint density at radius 1 is 1.29 bits per heavy atom. The summed E-state index contributed by atoms with van der Waals surface area (Å²) in [6.45, 7) is 5.19. The van der Waals surface area contributed by atoms with Gasteiger partial charge in [0, 0.05) is 11.6 Å². The van der Waals surface area contributed by atoms with E-state index in [-0.39, 0.29) is 10.8 Å². The van der Waals surface area contributed by atoms with Crippen LogP contribution in [0.3, 0.4) is 0 Å². The first-order valence-electron chi connectivity index (χ1n) is 6.09. The van der Waals surface area contributed by atoms with E-state index in [1.807, 2.05) is 0 Å². The Hall–Kier alpha value is -2.04. The molecule has 0 radical (unpaired) electrons. The van der Waals surface area contributed by atoms with Gasteiger partial charge in [-0.1, -0.05) is 5.16 Å². The van der Waals surface area contributed by atoms with Gasteiger partial charge >= 0.3 is 0 Å². The van der Waals surface area contributed by atoms with Crippen molar-refractivity contribution in [2.75, 3.05) is 5.43 Å². The minimum absolute atomic E-state index is 0.0555. The summed E-state index contributed by atoms with van der Waals surface area (Å²) in [5.74, 6) is 5.83. The maximum atomic E-state index is 12.3. The maximum Gasteiger partial charge on any atom is 0.244 e. The van der Waals surface area contributed by atoms with Crippen molar-refractivity contribution >= 4 is 16.0 Å². The number of aromatic nitrogens is 3. The van der Waals surface area contributed by atoms with Gasteiger partial charge in [0.05, 0.1) is 18.1 Å². The number of nitrogens with zero attached hydrogens (tertiary/aromatic N) is 3. The molecule has 0 aliphatic heterocycles. The first kappa shape index (κ1) is 15.4. The number of nitrogen functional groups attached to an aromatic ring is 1. The predicted octanol–water partition coefficient (Wildman–Crippen LogP) is 0.407. The summed E-state index contributed by atoms with van der Waals surface area (Å²) in [4.78, 5) is 7.49. The van der Waals surface area contributed by atoms with Gasteiger partial charge in [-0.05, 0) is 20.8 Å². The number of hydrogen-bond acceptors (Lipinski definition) is 8. The molecule has 0 spiro atoms. The van der Waals surface area contributed by atoms with Crippen LogP contribution >= 0.6 is 0 Å². The number of anilines is 1. The number of rotatable bonds is 5. The average molecular weight is 312 g/mol. The fourth-order valence-corrected chi connectivity index (χ4v) is 3.10. The molecule has 2 rings (SSSR count). The van der Waals surface area contributed by atoms with Gasteiger partial charge in [0.1, 0.15) is 10.7 Å². The molecule has 0 saturated carbocycles. The van der Waals surface area contributed by atoms with Crippen LogP contribution in [-0.2, 0) is 10.0 Å². The lowest BCUT2D eigenvalue weighted by Gasteiger charge is -2.13. The van der Waals surface area contributed by atoms with Crippen LogP contribution in [0.2, 0.25) is 0 Å². The molecule has 4 N–H and O–H groups in total. The van der Waals surface area contributed by atoms with Crippen molar-refractivity contribution in [3.63, 3.8) is 0 Å². The second-order valence-corrected chi connectivity index (χ2v) is 6.18. The van der Waals surface area contributed by atoms with Gasteiger partial charge in [0.25, 0.3) is 0 Å². The van der Waals surface area contributed by atoms with Crippen molar-refractivity contribution in [2.24, 2.45) is 5.84 Å². The van der Waals surface area contributed by atoms with Crippen LogP contribution in [0.4, 0.5) is 5.95 Å². The quantitative estimate of drug-likeness (QED) is 0.533. The SMILES string of the molecule is Cc1noc(C)c1C(C)NS(=O)(=O)c1cnc(NN)nc1. The lowest BCUT2D eigenvalue weighted by atomic mass is 10.1. The third-order valence-electron chi connectivity index (χ3n) is 2.92. The van der Waals surface area contributed by atoms with E-state index in [9.17, 15) is 8.42 Å². The van der Waals surface area contributed by atoms with E-state index in [1.165, 1.54) is 12.4 Å². The molecule has 1 atom stereocenters. The largest absolute Gasteiger partial charge is 0.361 e. The third kappa shape index (κ3) is 3.17. The van der Waals surface area contributed by atoms with Crippen LogP contribution in [0.25, 0.3) is 0 Å². The maximum absolute atomic E-state index is 12.3. The zero-order chi connectivity index (χ0) is 15.6. The molecule has 0 aromatic carbocycles. The van der Waals surface area contributed by atoms with Crippen molar-refractivity contribution in [2.45, 2.75) is 31.7 Å². The van der Waals surface area contributed by atoms with Crippen molar-refractivity contribution < 1.29 is 12.9 Å². The zero-order valence-corrected chi connectivity index (χ0v) is 12.6. The average Bonchev–Trinajstić information content (AvgIpc) is 2.77. The lowest BCUT2D eigenvalue weighted by Crippen LogP contribution is -2.28. The summed E-state index contributed by atoms with van der Waals surface area (Å²) in [7, 11) is -3.76. The summed E-state index contributed by atoms with van der Waals surface area (Å²) in [6.07, 6.45) is 2.34. The van der Waals surface area contributed by atoms with E-state index in [0.29, 0.717) is 17.0 Å². The second kappa shape index (κ2) is 5.76.